The van der Waals surface area contributed by atoms with Gasteiger partial charge >= 0.3 is 6.03 Å². The van der Waals surface area contributed by atoms with E-state index >= 15 is 0 Å². The number of aliphatic imine (C=N–C) groups is 1. The number of carbonyl (C=O) groups is 3. The molecule has 0 atom stereocenters. The van der Waals surface area contributed by atoms with Crippen molar-refractivity contribution in [2.75, 3.05) is 84.4 Å². The largest absolute Gasteiger partial charge is 0.379 e. The number of nitrogens with two attached hydrogens (primary N) is 1. The average molecular weight is 662 g/mol. The number of rotatable bonds is 25. The first-order valence-corrected chi connectivity index (χ1v) is 15.8. The van der Waals surface area contributed by atoms with Crippen molar-refractivity contribution in [3.05, 3.63) is 42.0 Å². The van der Waals surface area contributed by atoms with Gasteiger partial charge in [0.15, 0.2) is 0 Å². The first kappa shape index (κ1) is 38.4. The Kier molecular flexibility index (Phi) is 20.4. The molecule has 5 N–H and O–H groups in total. The van der Waals surface area contributed by atoms with Gasteiger partial charge < -0.3 is 40.7 Å². The summed E-state index contributed by atoms with van der Waals surface area (Å²) in [6.07, 6.45) is 7.15. The fourth-order valence-electron chi connectivity index (χ4n) is 3.87. The number of hydrogen-bond acceptors (Lipinski definition) is 11. The number of urea groups is 1. The van der Waals surface area contributed by atoms with Crippen molar-refractivity contribution in [1.82, 2.24) is 15.5 Å². The van der Waals surface area contributed by atoms with Crippen LogP contribution in [0.15, 0.2) is 46.5 Å². The highest BCUT2D eigenvalue weighted by atomic mass is 32.1. The number of carbonyl (C=O) groups excluding carboxylic acids is 3. The molecular weight excluding hydrogens is 614 g/mol. The SMILES string of the molecule is Cc1ccc(NC(=O)NCCCC/C(C=NCCOCCOCCOCCOCCC(=O)NCCN2C(=O)C=CC2=S)=N/N)cc1. The summed E-state index contributed by atoms with van der Waals surface area (Å²) in [6.45, 7) is 6.97. The van der Waals surface area contributed by atoms with Crippen LogP contribution in [0.5, 0.6) is 0 Å². The molecule has 1 aromatic carbocycles. The average Bonchev–Trinajstić information content (AvgIpc) is 3.36. The molecular formula is C31H47N7O7S. The molecule has 14 nitrogen and oxygen atoms in total. The number of nitrogens with zero attached hydrogens (tertiary/aromatic N) is 3. The first-order chi connectivity index (χ1) is 22.4. The molecule has 0 radical (unpaired) electrons. The monoisotopic (exact) mass is 661 g/mol. The smallest absolute Gasteiger partial charge is 0.319 e. The Morgan fingerprint density at radius 3 is 2.15 bits per heavy atom. The molecule has 1 aliphatic heterocycles. The van der Waals surface area contributed by atoms with E-state index in [1.165, 1.54) is 11.0 Å². The zero-order chi connectivity index (χ0) is 33.2. The fourth-order valence-corrected chi connectivity index (χ4v) is 4.12. The molecule has 0 bridgehead atoms. The summed E-state index contributed by atoms with van der Waals surface area (Å²) in [7, 11) is 0. The van der Waals surface area contributed by atoms with Crippen LogP contribution in [0.3, 0.4) is 0 Å². The van der Waals surface area contributed by atoms with Crippen molar-refractivity contribution in [1.29, 1.82) is 0 Å². The zero-order valence-electron chi connectivity index (χ0n) is 26.5. The van der Waals surface area contributed by atoms with Gasteiger partial charge in [-0.2, -0.15) is 5.10 Å². The van der Waals surface area contributed by atoms with Crippen LogP contribution in [0, 0.1) is 6.92 Å². The van der Waals surface area contributed by atoms with Gasteiger partial charge in [0.2, 0.25) is 5.91 Å². The number of hydrogen-bond donors (Lipinski definition) is 4. The fraction of sp³-hybridized carbons (Fsp3) is 0.548. The van der Waals surface area contributed by atoms with Crippen LogP contribution >= 0.6 is 12.2 Å². The molecule has 0 aliphatic carbocycles. The highest BCUT2D eigenvalue weighted by Crippen LogP contribution is 2.08. The molecule has 1 heterocycles. The number of nitrogens with one attached hydrogen (secondary N) is 3. The van der Waals surface area contributed by atoms with Gasteiger partial charge in [-0.05, 0) is 44.4 Å². The number of anilines is 1. The van der Waals surface area contributed by atoms with Crippen molar-refractivity contribution in [3.63, 3.8) is 0 Å². The number of thiocarbonyl (C=S) groups is 1. The first-order valence-electron chi connectivity index (χ1n) is 15.4. The van der Waals surface area contributed by atoms with E-state index in [2.05, 4.69) is 26.0 Å². The molecule has 254 valence electrons. The molecule has 0 fully saturated rings. The minimum atomic E-state index is -0.231. The van der Waals surface area contributed by atoms with E-state index in [0.29, 0.717) is 89.5 Å². The van der Waals surface area contributed by atoms with Crippen molar-refractivity contribution < 1.29 is 33.3 Å². The Hall–Kier alpha value is -3.76. The van der Waals surface area contributed by atoms with Gasteiger partial charge in [0.25, 0.3) is 5.91 Å². The lowest BCUT2D eigenvalue weighted by Gasteiger charge is -2.16. The summed E-state index contributed by atoms with van der Waals surface area (Å²) in [5, 5.41) is 12.2. The van der Waals surface area contributed by atoms with Crippen LogP contribution in [0.4, 0.5) is 10.5 Å². The maximum absolute atomic E-state index is 12.0. The predicted octanol–water partition coefficient (Wildman–Crippen LogP) is 1.97. The second-order valence-corrected chi connectivity index (χ2v) is 10.5. The molecule has 0 saturated heterocycles. The quantitative estimate of drug-likeness (QED) is 0.0401. The van der Waals surface area contributed by atoms with Crippen molar-refractivity contribution >= 4 is 52.7 Å². The number of aryl methyl sites for hydroxylation is 1. The van der Waals surface area contributed by atoms with Crippen LogP contribution < -0.4 is 21.8 Å². The van der Waals surface area contributed by atoms with Crippen LogP contribution in [0.1, 0.15) is 31.2 Å². The van der Waals surface area contributed by atoms with Gasteiger partial charge in [0, 0.05) is 44.0 Å². The maximum Gasteiger partial charge on any atom is 0.319 e. The van der Waals surface area contributed by atoms with E-state index in [4.69, 9.17) is 37.0 Å². The normalized spacial score (nSPS) is 13.2. The molecule has 15 heteroatoms. The van der Waals surface area contributed by atoms with E-state index in [-0.39, 0.29) is 30.9 Å². The lowest BCUT2D eigenvalue weighted by atomic mass is 10.2. The van der Waals surface area contributed by atoms with Gasteiger partial charge in [0.05, 0.1) is 65.1 Å². The molecule has 1 aromatic rings. The molecule has 1 aliphatic rings. The van der Waals surface area contributed by atoms with Crippen LogP contribution in [0.2, 0.25) is 0 Å². The van der Waals surface area contributed by atoms with E-state index in [9.17, 15) is 14.4 Å². The third kappa shape index (κ3) is 18.3. The number of amides is 4. The molecule has 0 saturated carbocycles. The Balaban J connectivity index is 1.31. The van der Waals surface area contributed by atoms with Gasteiger partial charge in [0.1, 0.15) is 4.99 Å². The molecule has 2 rings (SSSR count). The molecule has 4 amide bonds. The summed E-state index contributed by atoms with van der Waals surface area (Å²) in [5.41, 5.74) is 2.58. The molecule has 0 unspecified atom stereocenters. The van der Waals surface area contributed by atoms with E-state index < -0.39 is 0 Å². The third-order valence-corrected chi connectivity index (χ3v) is 6.73. The van der Waals surface area contributed by atoms with Crippen molar-refractivity contribution in [3.8, 4) is 0 Å². The maximum atomic E-state index is 12.0. The summed E-state index contributed by atoms with van der Waals surface area (Å²) < 4.78 is 21.8. The van der Waals surface area contributed by atoms with E-state index in [1.54, 1.807) is 12.3 Å². The Bertz CT molecular complexity index is 1140. The van der Waals surface area contributed by atoms with E-state index in [0.717, 1.165) is 24.1 Å². The number of unbranched alkanes of at least 4 members (excludes halogenated alkanes) is 1. The second kappa shape index (κ2) is 24.5. The lowest BCUT2D eigenvalue weighted by Crippen LogP contribution is -2.37. The minimum Gasteiger partial charge on any atom is -0.379 e. The standard InChI is InChI=1S/C31H47N7O7S/c1-25-5-7-26(8-6-25)36-31(41)35-12-3-2-4-27(37-32)24-33-14-17-43-19-21-45-23-22-44-20-18-42-16-11-28(39)34-13-15-38-29(40)9-10-30(38)46/h5-10,24H,2-4,11-23,32H2,1H3,(H,34,39)(H2,35,36,41)/b33-24?,37-27-. The van der Waals surface area contributed by atoms with E-state index in [1.807, 2.05) is 31.2 Å². The van der Waals surface area contributed by atoms with Crippen LogP contribution in [-0.4, -0.2) is 119 Å². The zero-order valence-corrected chi connectivity index (χ0v) is 27.4. The molecule has 0 aromatic heterocycles. The Morgan fingerprint density at radius 2 is 1.52 bits per heavy atom. The second-order valence-electron chi connectivity index (χ2n) is 10.1. The van der Waals surface area contributed by atoms with Gasteiger partial charge in [-0.3, -0.25) is 19.5 Å². The van der Waals surface area contributed by atoms with Crippen LogP contribution in [0.25, 0.3) is 0 Å². The highest BCUT2D eigenvalue weighted by Gasteiger charge is 2.19. The van der Waals surface area contributed by atoms with Gasteiger partial charge in [-0.1, -0.05) is 29.9 Å². The van der Waals surface area contributed by atoms with Gasteiger partial charge in [-0.25, -0.2) is 4.79 Å². The number of benzene rings is 1. The van der Waals surface area contributed by atoms with Crippen molar-refractivity contribution in [2.45, 2.75) is 32.6 Å². The predicted molar refractivity (Wildman–Crippen MR) is 181 cm³/mol. The summed E-state index contributed by atoms with van der Waals surface area (Å²) in [4.78, 5) is 41.6. The van der Waals surface area contributed by atoms with Crippen molar-refractivity contribution in [2.24, 2.45) is 15.9 Å². The Morgan fingerprint density at radius 1 is 0.870 bits per heavy atom. The number of hydrazone groups is 1. The Labute approximate surface area is 276 Å². The van der Waals surface area contributed by atoms with Gasteiger partial charge in [-0.15, -0.1) is 0 Å². The summed E-state index contributed by atoms with van der Waals surface area (Å²) in [6, 6.07) is 7.39. The summed E-state index contributed by atoms with van der Waals surface area (Å²) >= 11 is 5.05. The third-order valence-electron chi connectivity index (χ3n) is 6.37. The highest BCUT2D eigenvalue weighted by molar-refractivity contribution is 7.80. The number of ether oxygens (including phenoxy) is 4. The lowest BCUT2D eigenvalue weighted by molar-refractivity contribution is -0.124. The minimum absolute atomic E-state index is 0.151. The molecule has 46 heavy (non-hydrogen) atoms. The summed E-state index contributed by atoms with van der Waals surface area (Å²) in [5.74, 6) is 5.15. The van der Waals surface area contributed by atoms with Crippen LogP contribution in [-0.2, 0) is 28.5 Å². The molecule has 0 spiro atoms. The topological polar surface area (TPSA) is 178 Å².